The summed E-state index contributed by atoms with van der Waals surface area (Å²) in [4.78, 5) is 14.9. The molecule has 1 aliphatic carbocycles. The topological polar surface area (TPSA) is 58.4 Å². The van der Waals surface area contributed by atoms with Crippen LogP contribution in [0.5, 0.6) is 0 Å². The van der Waals surface area contributed by atoms with Gasteiger partial charge in [0.05, 0.1) is 0 Å². The van der Waals surface area contributed by atoms with Crippen molar-refractivity contribution in [1.29, 1.82) is 0 Å². The number of carbonyl (C=O) groups is 1. The van der Waals surface area contributed by atoms with Crippen molar-refractivity contribution in [3.8, 4) is 0 Å². The van der Waals surface area contributed by atoms with Gasteiger partial charge in [0.15, 0.2) is 0 Å². The number of benzene rings is 1. The zero-order valence-corrected chi connectivity index (χ0v) is 16.9. The van der Waals surface area contributed by atoms with Crippen molar-refractivity contribution < 1.29 is 4.79 Å². The lowest BCUT2D eigenvalue weighted by Crippen LogP contribution is -2.34. The maximum atomic E-state index is 12.4. The third kappa shape index (κ3) is 6.99. The standard InChI is InChI=1S/C18H27N3OS.2ClH/c19-16-5-2-4-15(12-16)18(22)20-17-6-1-3-14(11-17)13-21-7-9-23-10-8-21;;/h1,3,6,11,15-16H,2,4-5,7-10,12-13,19H2,(H,20,22);2*1H. The molecule has 0 aromatic heterocycles. The van der Waals surface area contributed by atoms with Crippen molar-refractivity contribution in [1.82, 2.24) is 4.90 Å². The van der Waals surface area contributed by atoms with E-state index >= 15 is 0 Å². The van der Waals surface area contributed by atoms with Crippen molar-refractivity contribution in [2.75, 3.05) is 29.9 Å². The summed E-state index contributed by atoms with van der Waals surface area (Å²) in [6.45, 7) is 3.28. The van der Waals surface area contributed by atoms with Crippen LogP contribution in [-0.2, 0) is 11.3 Å². The number of rotatable bonds is 4. The molecule has 4 nitrogen and oxygen atoms in total. The van der Waals surface area contributed by atoms with Crippen molar-refractivity contribution in [2.24, 2.45) is 11.7 Å². The summed E-state index contributed by atoms with van der Waals surface area (Å²) in [5.74, 6) is 2.64. The molecule has 25 heavy (non-hydrogen) atoms. The fraction of sp³-hybridized carbons (Fsp3) is 0.611. The lowest BCUT2D eigenvalue weighted by molar-refractivity contribution is -0.120. The second-order valence-corrected chi connectivity index (χ2v) is 7.93. The van der Waals surface area contributed by atoms with Gasteiger partial charge in [-0.15, -0.1) is 24.8 Å². The van der Waals surface area contributed by atoms with E-state index in [0.29, 0.717) is 0 Å². The van der Waals surface area contributed by atoms with Gasteiger partial charge in [0.25, 0.3) is 0 Å². The molecular weight excluding hydrogens is 377 g/mol. The van der Waals surface area contributed by atoms with E-state index in [4.69, 9.17) is 5.73 Å². The van der Waals surface area contributed by atoms with E-state index in [9.17, 15) is 4.79 Å². The Kier molecular flexibility index (Phi) is 10.2. The molecule has 1 aromatic carbocycles. The molecule has 3 rings (SSSR count). The van der Waals surface area contributed by atoms with Crippen LogP contribution < -0.4 is 11.1 Å². The second kappa shape index (κ2) is 11.3. The molecule has 1 heterocycles. The normalized spacial score (nSPS) is 23.9. The molecular formula is C18H29Cl2N3OS. The molecule has 2 unspecified atom stereocenters. The quantitative estimate of drug-likeness (QED) is 0.803. The second-order valence-electron chi connectivity index (χ2n) is 6.70. The van der Waals surface area contributed by atoms with Gasteiger partial charge in [0.1, 0.15) is 0 Å². The zero-order chi connectivity index (χ0) is 16.1. The van der Waals surface area contributed by atoms with Gasteiger partial charge in [-0.05, 0) is 37.0 Å². The van der Waals surface area contributed by atoms with Crippen LogP contribution in [0.2, 0.25) is 0 Å². The van der Waals surface area contributed by atoms with Gasteiger partial charge in [-0.1, -0.05) is 18.6 Å². The zero-order valence-electron chi connectivity index (χ0n) is 14.5. The van der Waals surface area contributed by atoms with E-state index in [0.717, 1.165) is 51.0 Å². The van der Waals surface area contributed by atoms with Crippen LogP contribution in [0, 0.1) is 5.92 Å². The summed E-state index contributed by atoms with van der Waals surface area (Å²) in [5, 5.41) is 3.09. The van der Waals surface area contributed by atoms with Crippen LogP contribution in [0.1, 0.15) is 31.2 Å². The van der Waals surface area contributed by atoms with Gasteiger partial charge in [0, 0.05) is 48.8 Å². The van der Waals surface area contributed by atoms with E-state index in [2.05, 4.69) is 22.3 Å². The Bertz CT molecular complexity index is 541. The Labute approximate surface area is 167 Å². The average Bonchev–Trinajstić information content (AvgIpc) is 2.56. The molecule has 1 saturated carbocycles. The number of hydrogen-bond donors (Lipinski definition) is 2. The van der Waals surface area contributed by atoms with E-state index in [-0.39, 0.29) is 42.7 Å². The van der Waals surface area contributed by atoms with Crippen LogP contribution >= 0.6 is 36.6 Å². The molecule has 0 bridgehead atoms. The Hall–Kier alpha value is -0.460. The number of thioether (sulfide) groups is 1. The van der Waals surface area contributed by atoms with Crippen LogP contribution in [-0.4, -0.2) is 41.4 Å². The number of nitrogens with two attached hydrogens (primary N) is 1. The van der Waals surface area contributed by atoms with Crippen LogP contribution in [0.4, 0.5) is 5.69 Å². The minimum absolute atomic E-state index is 0. The SMILES string of the molecule is Cl.Cl.NC1CCCC(C(=O)Nc2cccc(CN3CCSCC3)c2)C1. The molecule has 3 N–H and O–H groups in total. The molecule has 2 fully saturated rings. The first-order valence-corrected chi connectivity index (χ1v) is 9.81. The molecule has 1 aliphatic heterocycles. The number of nitrogens with one attached hydrogen (secondary N) is 1. The number of anilines is 1. The van der Waals surface area contributed by atoms with Crippen molar-refractivity contribution in [2.45, 2.75) is 38.3 Å². The minimum atomic E-state index is 0. The summed E-state index contributed by atoms with van der Waals surface area (Å²) in [5.41, 5.74) is 8.19. The summed E-state index contributed by atoms with van der Waals surface area (Å²) in [6, 6.07) is 8.46. The predicted octanol–water partition coefficient (Wildman–Crippen LogP) is 3.54. The van der Waals surface area contributed by atoms with Crippen LogP contribution in [0.15, 0.2) is 24.3 Å². The molecule has 2 aliphatic rings. The maximum absolute atomic E-state index is 12.4. The lowest BCUT2D eigenvalue weighted by Gasteiger charge is -2.27. The Morgan fingerprint density at radius 1 is 1.24 bits per heavy atom. The molecule has 1 saturated heterocycles. The Balaban J connectivity index is 0.00000156. The van der Waals surface area contributed by atoms with Gasteiger partial charge in [-0.25, -0.2) is 0 Å². The lowest BCUT2D eigenvalue weighted by atomic mass is 9.85. The highest BCUT2D eigenvalue weighted by Crippen LogP contribution is 2.25. The smallest absolute Gasteiger partial charge is 0.227 e. The third-order valence-electron chi connectivity index (χ3n) is 4.79. The van der Waals surface area contributed by atoms with Gasteiger partial charge in [-0.3, -0.25) is 9.69 Å². The molecule has 7 heteroatoms. The summed E-state index contributed by atoms with van der Waals surface area (Å²) < 4.78 is 0. The maximum Gasteiger partial charge on any atom is 0.227 e. The Morgan fingerprint density at radius 3 is 2.72 bits per heavy atom. The third-order valence-corrected chi connectivity index (χ3v) is 5.73. The average molecular weight is 406 g/mol. The number of halogens is 2. The molecule has 0 spiro atoms. The number of hydrogen-bond acceptors (Lipinski definition) is 4. The van der Waals surface area contributed by atoms with Crippen molar-refractivity contribution in [3.05, 3.63) is 29.8 Å². The monoisotopic (exact) mass is 405 g/mol. The predicted molar refractivity (Wildman–Crippen MR) is 112 cm³/mol. The molecule has 1 aromatic rings. The van der Waals surface area contributed by atoms with Gasteiger partial charge >= 0.3 is 0 Å². The summed E-state index contributed by atoms with van der Waals surface area (Å²) in [6.07, 6.45) is 3.89. The van der Waals surface area contributed by atoms with Crippen LogP contribution in [0.25, 0.3) is 0 Å². The highest BCUT2D eigenvalue weighted by Gasteiger charge is 2.25. The summed E-state index contributed by atoms with van der Waals surface area (Å²) in [7, 11) is 0. The molecule has 2 atom stereocenters. The Morgan fingerprint density at radius 2 is 2.00 bits per heavy atom. The highest BCUT2D eigenvalue weighted by molar-refractivity contribution is 7.99. The van der Waals surface area contributed by atoms with E-state index in [1.165, 1.54) is 17.1 Å². The highest BCUT2D eigenvalue weighted by atomic mass is 35.5. The van der Waals surface area contributed by atoms with E-state index in [1.54, 1.807) is 0 Å². The first kappa shape index (κ1) is 22.6. The first-order chi connectivity index (χ1) is 11.2. The molecule has 1 amide bonds. The fourth-order valence-electron chi connectivity index (χ4n) is 3.47. The fourth-order valence-corrected chi connectivity index (χ4v) is 4.45. The first-order valence-electron chi connectivity index (χ1n) is 8.66. The van der Waals surface area contributed by atoms with Crippen molar-refractivity contribution in [3.63, 3.8) is 0 Å². The largest absolute Gasteiger partial charge is 0.328 e. The van der Waals surface area contributed by atoms with Gasteiger partial charge in [-0.2, -0.15) is 11.8 Å². The summed E-state index contributed by atoms with van der Waals surface area (Å²) >= 11 is 2.03. The van der Waals surface area contributed by atoms with Crippen molar-refractivity contribution >= 4 is 48.2 Å². The van der Waals surface area contributed by atoms with Crippen LogP contribution in [0.3, 0.4) is 0 Å². The number of nitrogens with zero attached hydrogens (tertiary/aromatic N) is 1. The minimum Gasteiger partial charge on any atom is -0.328 e. The molecule has 142 valence electrons. The number of amides is 1. The number of carbonyl (C=O) groups excluding carboxylic acids is 1. The molecule has 0 radical (unpaired) electrons. The van der Waals surface area contributed by atoms with E-state index < -0.39 is 0 Å². The van der Waals surface area contributed by atoms with E-state index in [1.807, 2.05) is 23.9 Å². The van der Waals surface area contributed by atoms with Gasteiger partial charge in [0.2, 0.25) is 5.91 Å². The van der Waals surface area contributed by atoms with Gasteiger partial charge < -0.3 is 11.1 Å².